The maximum Gasteiger partial charge on any atom is 0.343 e. The molecule has 0 spiro atoms. The van der Waals surface area contributed by atoms with Crippen molar-refractivity contribution < 1.29 is 19.4 Å². The number of likely N-dealkylation sites (tertiary alicyclic amines) is 1. The Balaban J connectivity index is 1.22. The van der Waals surface area contributed by atoms with Gasteiger partial charge in [0.25, 0.3) is 0 Å². The number of anilines is 1. The molecule has 0 aromatic carbocycles. The molecule has 3 aliphatic heterocycles. The third kappa shape index (κ3) is 5.77. The Bertz CT molecular complexity index is 1300. The van der Waals surface area contributed by atoms with Gasteiger partial charge in [0.05, 0.1) is 25.5 Å². The lowest BCUT2D eigenvalue weighted by Crippen LogP contribution is -2.37. The number of aryl methyl sites for hydroxylation is 1. The van der Waals surface area contributed by atoms with Gasteiger partial charge >= 0.3 is 5.97 Å². The zero-order valence-electron chi connectivity index (χ0n) is 23.3. The smallest absolute Gasteiger partial charge is 0.343 e. The highest BCUT2D eigenvalue weighted by Gasteiger charge is 2.29. The molecular weight excluding hydrogens is 496 g/mol. The van der Waals surface area contributed by atoms with Gasteiger partial charge in [-0.15, -0.1) is 0 Å². The first-order chi connectivity index (χ1) is 18.9. The first-order valence-corrected chi connectivity index (χ1v) is 13.8. The Morgan fingerprint density at radius 1 is 1.13 bits per heavy atom. The van der Waals surface area contributed by atoms with E-state index in [-0.39, 0.29) is 17.9 Å². The monoisotopic (exact) mass is 534 g/mol. The minimum atomic E-state index is -0.545. The van der Waals surface area contributed by atoms with Gasteiger partial charge in [0.2, 0.25) is 5.95 Å². The summed E-state index contributed by atoms with van der Waals surface area (Å²) in [4.78, 5) is 30.5. The van der Waals surface area contributed by atoms with E-state index in [1.807, 2.05) is 18.5 Å². The first kappa shape index (κ1) is 27.1. The van der Waals surface area contributed by atoms with Crippen LogP contribution >= 0.6 is 0 Å². The van der Waals surface area contributed by atoms with Crippen molar-refractivity contribution in [2.75, 3.05) is 50.9 Å². The van der Waals surface area contributed by atoms with E-state index < -0.39 is 5.97 Å². The molecule has 0 bridgehead atoms. The Kier molecular flexibility index (Phi) is 8.13. The SMILES string of the molecule is CCOC(=O)C1=C(O)/C(=C\c2cc(C)n(C3CCN(Cc4cnc(N5CCOCC5)nc4)CC3)c2C)N=C1C. The van der Waals surface area contributed by atoms with Crippen molar-refractivity contribution in [1.29, 1.82) is 0 Å². The van der Waals surface area contributed by atoms with E-state index >= 15 is 0 Å². The van der Waals surface area contributed by atoms with Crippen LogP contribution in [0.4, 0.5) is 5.95 Å². The molecular formula is C29H38N6O4. The summed E-state index contributed by atoms with van der Waals surface area (Å²) < 4.78 is 12.9. The van der Waals surface area contributed by atoms with Crippen LogP contribution in [0.3, 0.4) is 0 Å². The number of hydrogen-bond acceptors (Lipinski definition) is 9. The minimum absolute atomic E-state index is 0.119. The summed E-state index contributed by atoms with van der Waals surface area (Å²) in [5.41, 5.74) is 5.46. The van der Waals surface area contributed by atoms with Crippen LogP contribution in [0.25, 0.3) is 6.08 Å². The van der Waals surface area contributed by atoms with Crippen LogP contribution in [0, 0.1) is 13.8 Å². The number of aromatic nitrogens is 3. The molecule has 0 atom stereocenters. The molecule has 208 valence electrons. The molecule has 5 rings (SSSR count). The molecule has 1 N–H and O–H groups in total. The largest absolute Gasteiger partial charge is 0.505 e. The first-order valence-electron chi connectivity index (χ1n) is 13.8. The molecule has 2 aromatic heterocycles. The topological polar surface area (TPSA) is 105 Å². The van der Waals surface area contributed by atoms with E-state index in [0.717, 1.165) is 81.5 Å². The molecule has 2 aromatic rings. The van der Waals surface area contributed by atoms with Crippen LogP contribution in [0.5, 0.6) is 0 Å². The molecule has 0 saturated carbocycles. The summed E-state index contributed by atoms with van der Waals surface area (Å²) in [7, 11) is 0. The van der Waals surface area contributed by atoms with Gasteiger partial charge in [-0.05, 0) is 58.2 Å². The van der Waals surface area contributed by atoms with Gasteiger partial charge in [-0.1, -0.05) is 0 Å². The zero-order valence-corrected chi connectivity index (χ0v) is 23.3. The van der Waals surface area contributed by atoms with Crippen molar-refractivity contribution in [2.24, 2.45) is 4.99 Å². The molecule has 2 fully saturated rings. The van der Waals surface area contributed by atoms with Crippen molar-refractivity contribution in [2.45, 2.75) is 53.1 Å². The summed E-state index contributed by atoms with van der Waals surface area (Å²) >= 11 is 0. The van der Waals surface area contributed by atoms with Gasteiger partial charge in [-0.3, -0.25) is 4.90 Å². The predicted octanol–water partition coefficient (Wildman–Crippen LogP) is 3.76. The number of carbonyl (C=O) groups is 1. The maximum absolute atomic E-state index is 12.2. The Labute approximate surface area is 229 Å². The maximum atomic E-state index is 12.2. The zero-order chi connectivity index (χ0) is 27.5. The number of piperidine rings is 1. The highest BCUT2D eigenvalue weighted by atomic mass is 16.5. The van der Waals surface area contributed by atoms with E-state index in [9.17, 15) is 9.90 Å². The molecule has 39 heavy (non-hydrogen) atoms. The Hall–Kier alpha value is -3.50. The summed E-state index contributed by atoms with van der Waals surface area (Å²) in [5, 5.41) is 10.7. The van der Waals surface area contributed by atoms with Crippen LogP contribution in [0.1, 0.15) is 55.2 Å². The quantitative estimate of drug-likeness (QED) is 0.536. The molecule has 0 radical (unpaired) electrons. The number of esters is 1. The second kappa shape index (κ2) is 11.7. The number of aliphatic hydroxyl groups is 1. The van der Waals surface area contributed by atoms with Gasteiger partial charge in [0, 0.05) is 68.1 Å². The second-order valence-electron chi connectivity index (χ2n) is 10.4. The van der Waals surface area contributed by atoms with Crippen LogP contribution in [-0.2, 0) is 20.8 Å². The highest BCUT2D eigenvalue weighted by Crippen LogP contribution is 2.32. The number of morpholine rings is 1. The molecule has 3 aliphatic rings. The number of hydrogen-bond donors (Lipinski definition) is 1. The average molecular weight is 535 g/mol. The summed E-state index contributed by atoms with van der Waals surface area (Å²) in [6.45, 7) is 13.9. The van der Waals surface area contributed by atoms with E-state index in [2.05, 4.69) is 49.2 Å². The lowest BCUT2D eigenvalue weighted by Gasteiger charge is -2.34. The second-order valence-corrected chi connectivity index (χ2v) is 10.4. The van der Waals surface area contributed by atoms with Gasteiger partial charge in [0.1, 0.15) is 11.3 Å². The fourth-order valence-corrected chi connectivity index (χ4v) is 5.75. The number of carbonyl (C=O) groups excluding carboxylic acids is 1. The summed E-state index contributed by atoms with van der Waals surface area (Å²) in [6, 6.07) is 2.53. The van der Waals surface area contributed by atoms with Crippen LogP contribution < -0.4 is 4.90 Å². The van der Waals surface area contributed by atoms with Crippen LogP contribution in [0.15, 0.2) is 40.5 Å². The number of rotatable bonds is 7. The third-order valence-corrected chi connectivity index (χ3v) is 7.74. The molecule has 10 heteroatoms. The van der Waals surface area contributed by atoms with E-state index in [0.29, 0.717) is 17.5 Å². The number of nitrogens with zero attached hydrogens (tertiary/aromatic N) is 6. The molecule has 0 aliphatic carbocycles. The summed E-state index contributed by atoms with van der Waals surface area (Å²) in [6.07, 6.45) is 7.87. The molecule has 0 unspecified atom stereocenters. The average Bonchev–Trinajstić information content (AvgIpc) is 3.38. The summed E-state index contributed by atoms with van der Waals surface area (Å²) in [5.74, 6) is 0.118. The van der Waals surface area contributed by atoms with Crippen molar-refractivity contribution in [3.8, 4) is 0 Å². The molecule has 2 saturated heterocycles. The van der Waals surface area contributed by atoms with Gasteiger partial charge in [-0.25, -0.2) is 19.8 Å². The van der Waals surface area contributed by atoms with Crippen molar-refractivity contribution in [3.05, 3.63) is 58.0 Å². The number of aliphatic imine (C=N–C) groups is 1. The number of ether oxygens (including phenoxy) is 2. The lowest BCUT2D eigenvalue weighted by molar-refractivity contribution is -0.138. The minimum Gasteiger partial charge on any atom is -0.505 e. The predicted molar refractivity (Wildman–Crippen MR) is 150 cm³/mol. The van der Waals surface area contributed by atoms with E-state index in [1.165, 1.54) is 5.69 Å². The van der Waals surface area contributed by atoms with Crippen LogP contribution in [-0.4, -0.2) is 82.2 Å². The van der Waals surface area contributed by atoms with Crippen molar-refractivity contribution in [1.82, 2.24) is 19.4 Å². The van der Waals surface area contributed by atoms with Gasteiger partial charge < -0.3 is 24.0 Å². The van der Waals surface area contributed by atoms with E-state index in [1.54, 1.807) is 13.8 Å². The molecule has 10 nitrogen and oxygen atoms in total. The Morgan fingerprint density at radius 2 is 1.82 bits per heavy atom. The van der Waals surface area contributed by atoms with Crippen molar-refractivity contribution in [3.63, 3.8) is 0 Å². The normalized spacial score (nSPS) is 20.2. The fourth-order valence-electron chi connectivity index (χ4n) is 5.75. The molecule has 0 amide bonds. The van der Waals surface area contributed by atoms with Gasteiger partial charge in [-0.2, -0.15) is 0 Å². The van der Waals surface area contributed by atoms with Crippen LogP contribution in [0.2, 0.25) is 0 Å². The highest BCUT2D eigenvalue weighted by molar-refractivity contribution is 6.22. The third-order valence-electron chi connectivity index (χ3n) is 7.74. The standard InChI is InChI=1S/C29H38N6O4/c1-5-39-28(37)26-20(3)32-25(27(26)36)15-23-14-19(2)35(21(23)4)24-6-8-33(9-7-24)18-22-16-30-29(31-17-22)34-10-12-38-13-11-34/h14-17,24,36H,5-13,18H2,1-4H3/b25-15+. The van der Waals surface area contributed by atoms with Gasteiger partial charge in [0.15, 0.2) is 5.76 Å². The fraction of sp³-hybridized carbons (Fsp3) is 0.517. The molecule has 5 heterocycles. The number of aliphatic hydroxyl groups excluding tert-OH is 1. The Morgan fingerprint density at radius 3 is 2.49 bits per heavy atom. The lowest BCUT2D eigenvalue weighted by atomic mass is 10.0. The van der Waals surface area contributed by atoms with E-state index in [4.69, 9.17) is 9.47 Å². The van der Waals surface area contributed by atoms with Crippen molar-refractivity contribution >= 4 is 23.7 Å².